The molecule has 0 aliphatic carbocycles. The fraction of sp³-hybridized carbons (Fsp3) is 0.750. The molecule has 166 valence electrons. The Morgan fingerprint density at radius 3 is 1.17 bits per heavy atom. The molecule has 0 unspecified atom stereocenters. The van der Waals surface area contributed by atoms with Gasteiger partial charge in [0.15, 0.2) is 0 Å². The number of rotatable bonds is 18. The van der Waals surface area contributed by atoms with Gasteiger partial charge in [0.25, 0.3) is 0 Å². The predicted molar refractivity (Wildman–Crippen MR) is 119 cm³/mol. The summed E-state index contributed by atoms with van der Waals surface area (Å²) in [6.07, 6.45) is 25.1. The van der Waals surface area contributed by atoms with Crippen LogP contribution in [0, 0.1) is 0 Å². The minimum absolute atomic E-state index is 0. The first-order valence-electron chi connectivity index (χ1n) is 11.3. The zero-order valence-corrected chi connectivity index (χ0v) is 22.0. The molecule has 0 saturated heterocycles. The summed E-state index contributed by atoms with van der Waals surface area (Å²) in [5.74, 6) is -1.35. The van der Waals surface area contributed by atoms with E-state index in [1.54, 1.807) is 0 Å². The zero-order chi connectivity index (χ0) is 21.3. The summed E-state index contributed by atoms with van der Waals surface area (Å²) < 4.78 is 0. The number of allylic oxidation sites excluding steroid dienone is 4. The fourth-order valence-corrected chi connectivity index (χ4v) is 2.59. The molecule has 0 radical (unpaired) electrons. The Kier molecular flexibility index (Phi) is 33.0. The van der Waals surface area contributed by atoms with Crippen molar-refractivity contribution in [3.63, 3.8) is 0 Å². The number of hydrogen-bond donors (Lipinski definition) is 2. The van der Waals surface area contributed by atoms with E-state index in [-0.39, 0.29) is 19.5 Å². The maximum Gasteiger partial charge on any atom is 0.303 e. The van der Waals surface area contributed by atoms with Crippen molar-refractivity contribution in [1.82, 2.24) is 0 Å². The van der Waals surface area contributed by atoms with Crippen molar-refractivity contribution < 1.29 is 39.3 Å². The second-order valence-corrected chi connectivity index (χ2v) is 7.21. The van der Waals surface area contributed by atoms with E-state index >= 15 is 0 Å². The Morgan fingerprint density at radius 2 is 0.862 bits per heavy atom. The van der Waals surface area contributed by atoms with Crippen LogP contribution in [0.15, 0.2) is 24.3 Å². The van der Waals surface area contributed by atoms with Crippen LogP contribution in [0.25, 0.3) is 0 Å². The molecule has 0 aliphatic rings. The van der Waals surface area contributed by atoms with Crippen LogP contribution >= 0.6 is 0 Å². The number of unbranched alkanes of at least 4 members (excludes halogenated alkanes) is 10. The van der Waals surface area contributed by atoms with Gasteiger partial charge in [-0.15, -0.1) is 0 Å². The molecule has 0 heterocycles. The van der Waals surface area contributed by atoms with Gasteiger partial charge in [-0.2, -0.15) is 0 Å². The van der Waals surface area contributed by atoms with Crippen LogP contribution < -0.4 is 0 Å². The average Bonchev–Trinajstić information content (AvgIpc) is 2.65. The third kappa shape index (κ3) is 38.3. The Balaban J connectivity index is -0.000000451. The van der Waals surface area contributed by atoms with Crippen LogP contribution in [0.3, 0.4) is 0 Å². The molecule has 5 heteroatoms. The summed E-state index contributed by atoms with van der Waals surface area (Å²) in [4.78, 5) is 20.4. The van der Waals surface area contributed by atoms with Crippen LogP contribution in [-0.4, -0.2) is 22.2 Å². The van der Waals surface area contributed by atoms with E-state index in [0.29, 0.717) is 12.8 Å². The van der Waals surface area contributed by atoms with Gasteiger partial charge in [0, 0.05) is 32.3 Å². The molecule has 0 aromatic rings. The molecule has 0 aliphatic heterocycles. The second kappa shape index (κ2) is 29.2. The van der Waals surface area contributed by atoms with Crippen molar-refractivity contribution in [2.24, 2.45) is 0 Å². The normalized spacial score (nSPS) is 10.6. The van der Waals surface area contributed by atoms with E-state index in [4.69, 9.17) is 10.2 Å². The van der Waals surface area contributed by atoms with Crippen molar-refractivity contribution >= 4 is 11.9 Å². The molecule has 0 amide bonds. The van der Waals surface area contributed by atoms with Crippen LogP contribution in [-0.2, 0) is 29.1 Å². The van der Waals surface area contributed by atoms with Gasteiger partial charge < -0.3 is 10.2 Å². The van der Waals surface area contributed by atoms with Gasteiger partial charge in [0.2, 0.25) is 0 Å². The van der Waals surface area contributed by atoms with E-state index in [0.717, 1.165) is 51.4 Å². The van der Waals surface area contributed by atoms with Gasteiger partial charge in [-0.05, 0) is 51.4 Å². The van der Waals surface area contributed by atoms with E-state index < -0.39 is 11.9 Å². The van der Waals surface area contributed by atoms with Crippen LogP contribution in [0.4, 0.5) is 0 Å². The number of hydrogen-bond acceptors (Lipinski definition) is 2. The molecule has 0 atom stereocenters. The van der Waals surface area contributed by atoms with E-state index in [1.165, 1.54) is 38.5 Å². The number of carboxylic acids is 2. The monoisotopic (exact) mass is 460 g/mol. The van der Waals surface area contributed by atoms with Gasteiger partial charge in [-0.1, -0.05) is 76.7 Å². The third-order valence-electron chi connectivity index (χ3n) is 4.27. The Hall–Kier alpha value is -0.957. The first kappa shape index (κ1) is 32.7. The minimum Gasteiger partial charge on any atom is -0.481 e. The maximum absolute atomic E-state index is 10.2. The minimum atomic E-state index is -0.673. The molecule has 0 rings (SSSR count). The van der Waals surface area contributed by atoms with Crippen LogP contribution in [0.1, 0.15) is 117 Å². The molecule has 0 saturated carbocycles. The van der Waals surface area contributed by atoms with Gasteiger partial charge in [-0.3, -0.25) is 9.59 Å². The summed E-state index contributed by atoms with van der Waals surface area (Å²) in [5.41, 5.74) is 0. The zero-order valence-electron chi connectivity index (χ0n) is 19.0. The predicted octanol–water partition coefficient (Wildman–Crippen LogP) is 7.53. The Bertz CT molecular complexity index is 368. The molecule has 0 bridgehead atoms. The van der Waals surface area contributed by atoms with Gasteiger partial charge >= 0.3 is 11.9 Å². The van der Waals surface area contributed by atoms with Crippen LogP contribution in [0.2, 0.25) is 0 Å². The van der Waals surface area contributed by atoms with Gasteiger partial charge in [-0.25, -0.2) is 0 Å². The number of carboxylic acid groups (broad SMARTS) is 2. The van der Waals surface area contributed by atoms with E-state index in [9.17, 15) is 9.59 Å². The summed E-state index contributed by atoms with van der Waals surface area (Å²) >= 11 is 0. The SMILES string of the molecule is CCCC=CCCCCCCC(=O)O.CCCC=CCCCCCCC(=O)O.[Zn]. The molecule has 0 spiro atoms. The van der Waals surface area contributed by atoms with Crippen molar-refractivity contribution in [3.05, 3.63) is 24.3 Å². The van der Waals surface area contributed by atoms with Crippen molar-refractivity contribution in [2.75, 3.05) is 0 Å². The first-order chi connectivity index (χ1) is 13.5. The van der Waals surface area contributed by atoms with E-state index in [2.05, 4.69) is 38.2 Å². The quantitative estimate of drug-likeness (QED) is 0.126. The Morgan fingerprint density at radius 1 is 0.552 bits per heavy atom. The van der Waals surface area contributed by atoms with Crippen molar-refractivity contribution in [3.8, 4) is 0 Å². The van der Waals surface area contributed by atoms with Crippen molar-refractivity contribution in [2.45, 2.75) is 117 Å². The van der Waals surface area contributed by atoms with Crippen LogP contribution in [0.5, 0.6) is 0 Å². The molecule has 0 fully saturated rings. The maximum atomic E-state index is 10.2. The summed E-state index contributed by atoms with van der Waals surface area (Å²) in [6.45, 7) is 4.35. The van der Waals surface area contributed by atoms with Gasteiger partial charge in [0.05, 0.1) is 0 Å². The largest absolute Gasteiger partial charge is 0.481 e. The average molecular weight is 462 g/mol. The first-order valence-corrected chi connectivity index (χ1v) is 11.3. The molecular formula is C24H44O4Zn. The topological polar surface area (TPSA) is 74.6 Å². The van der Waals surface area contributed by atoms with Crippen molar-refractivity contribution in [1.29, 1.82) is 0 Å². The third-order valence-corrected chi connectivity index (χ3v) is 4.27. The molecular weight excluding hydrogens is 418 g/mol. The summed E-state index contributed by atoms with van der Waals surface area (Å²) in [7, 11) is 0. The second-order valence-electron chi connectivity index (χ2n) is 7.21. The summed E-state index contributed by atoms with van der Waals surface area (Å²) in [6, 6.07) is 0. The Labute approximate surface area is 192 Å². The molecule has 29 heavy (non-hydrogen) atoms. The smallest absolute Gasteiger partial charge is 0.303 e. The summed E-state index contributed by atoms with van der Waals surface area (Å²) in [5, 5.41) is 16.8. The fourth-order valence-electron chi connectivity index (χ4n) is 2.59. The molecule has 2 N–H and O–H groups in total. The molecule has 0 aromatic carbocycles. The molecule has 0 aromatic heterocycles. The molecule has 4 nitrogen and oxygen atoms in total. The van der Waals surface area contributed by atoms with E-state index in [1.807, 2.05) is 0 Å². The standard InChI is InChI=1S/2C12H22O2.Zn/c2*1-2-3-4-5-6-7-8-9-10-11-12(13)14;/h2*4-5H,2-3,6-11H2,1H3,(H,13,14);. The number of carbonyl (C=O) groups is 2. The number of aliphatic carboxylic acids is 2. The van der Waals surface area contributed by atoms with Gasteiger partial charge in [0.1, 0.15) is 0 Å².